The van der Waals surface area contributed by atoms with Crippen molar-refractivity contribution in [2.24, 2.45) is 0 Å². The largest absolute Gasteiger partial charge is 0.314 e. The second kappa shape index (κ2) is 6.16. The van der Waals surface area contributed by atoms with Crippen LogP contribution in [0.3, 0.4) is 0 Å². The molecule has 1 amide bonds. The van der Waals surface area contributed by atoms with Crippen LogP contribution in [-0.2, 0) is 17.6 Å². The first kappa shape index (κ1) is 14.5. The number of nitrogens with zero attached hydrogens (tertiary/aromatic N) is 2. The zero-order valence-corrected chi connectivity index (χ0v) is 13.1. The summed E-state index contributed by atoms with van der Waals surface area (Å²) in [5.74, 6) is 0.148. The van der Waals surface area contributed by atoms with E-state index in [9.17, 15) is 4.79 Å². The van der Waals surface area contributed by atoms with Gasteiger partial charge in [0.2, 0.25) is 5.91 Å². The second-order valence-electron chi connectivity index (χ2n) is 6.25. The van der Waals surface area contributed by atoms with Crippen molar-refractivity contribution in [2.45, 2.75) is 32.7 Å². The number of anilines is 1. The van der Waals surface area contributed by atoms with Gasteiger partial charge in [-0.2, -0.15) is 0 Å². The minimum atomic E-state index is 0.148. The first-order chi connectivity index (χ1) is 10.1. The summed E-state index contributed by atoms with van der Waals surface area (Å²) in [7, 11) is 0. The van der Waals surface area contributed by atoms with E-state index in [1.165, 1.54) is 11.1 Å². The van der Waals surface area contributed by atoms with Crippen LogP contribution in [0.5, 0.6) is 0 Å². The van der Waals surface area contributed by atoms with Gasteiger partial charge >= 0.3 is 0 Å². The molecule has 2 aliphatic rings. The Kier molecular flexibility index (Phi) is 4.27. The Balaban J connectivity index is 1.66. The first-order valence-corrected chi connectivity index (χ1v) is 8.00. The van der Waals surface area contributed by atoms with Crippen LogP contribution < -0.4 is 10.2 Å². The third kappa shape index (κ3) is 3.11. The van der Waals surface area contributed by atoms with E-state index in [1.54, 1.807) is 6.92 Å². The van der Waals surface area contributed by atoms with Crippen LogP contribution in [0, 0.1) is 0 Å². The SMILES string of the molecule is CC(=O)N1c2ccc(CCN3CCNCC3)cc2CC1C. The molecule has 4 nitrogen and oxygen atoms in total. The highest BCUT2D eigenvalue weighted by atomic mass is 16.2. The maximum Gasteiger partial charge on any atom is 0.224 e. The van der Waals surface area contributed by atoms with Gasteiger partial charge in [-0.05, 0) is 37.0 Å². The number of rotatable bonds is 3. The maximum absolute atomic E-state index is 11.7. The first-order valence-electron chi connectivity index (χ1n) is 8.00. The topological polar surface area (TPSA) is 35.6 Å². The lowest BCUT2D eigenvalue weighted by Crippen LogP contribution is -2.44. The van der Waals surface area contributed by atoms with E-state index in [-0.39, 0.29) is 5.91 Å². The normalized spacial score (nSPS) is 22.4. The number of benzene rings is 1. The van der Waals surface area contributed by atoms with Crippen LogP contribution in [0.2, 0.25) is 0 Å². The highest BCUT2D eigenvalue weighted by Gasteiger charge is 2.28. The van der Waals surface area contributed by atoms with Gasteiger partial charge in [0.05, 0.1) is 0 Å². The van der Waals surface area contributed by atoms with E-state index >= 15 is 0 Å². The van der Waals surface area contributed by atoms with Gasteiger partial charge in [0, 0.05) is 51.4 Å². The molecule has 1 aromatic carbocycles. The summed E-state index contributed by atoms with van der Waals surface area (Å²) >= 11 is 0. The molecule has 0 aliphatic carbocycles. The summed E-state index contributed by atoms with van der Waals surface area (Å²) in [4.78, 5) is 16.2. The van der Waals surface area contributed by atoms with E-state index in [1.807, 2.05) is 4.90 Å². The summed E-state index contributed by atoms with van der Waals surface area (Å²) < 4.78 is 0. The number of carbonyl (C=O) groups excluding carboxylic acids is 1. The van der Waals surface area contributed by atoms with Crippen LogP contribution >= 0.6 is 0 Å². The average molecular weight is 287 g/mol. The van der Waals surface area contributed by atoms with Crippen molar-refractivity contribution >= 4 is 11.6 Å². The fraction of sp³-hybridized carbons (Fsp3) is 0.588. The van der Waals surface area contributed by atoms with E-state index in [4.69, 9.17) is 0 Å². The monoisotopic (exact) mass is 287 g/mol. The minimum Gasteiger partial charge on any atom is -0.314 e. The van der Waals surface area contributed by atoms with Crippen molar-refractivity contribution in [2.75, 3.05) is 37.6 Å². The zero-order chi connectivity index (χ0) is 14.8. The highest BCUT2D eigenvalue weighted by molar-refractivity contribution is 5.94. The Morgan fingerprint density at radius 1 is 1.33 bits per heavy atom. The smallest absolute Gasteiger partial charge is 0.224 e. The average Bonchev–Trinajstić information content (AvgIpc) is 2.81. The molecule has 1 atom stereocenters. The van der Waals surface area contributed by atoms with Gasteiger partial charge < -0.3 is 15.1 Å². The van der Waals surface area contributed by atoms with Crippen molar-refractivity contribution in [1.82, 2.24) is 10.2 Å². The summed E-state index contributed by atoms with van der Waals surface area (Å²) in [6.07, 6.45) is 2.08. The molecule has 2 aliphatic heterocycles. The van der Waals surface area contributed by atoms with Crippen molar-refractivity contribution < 1.29 is 4.79 Å². The van der Waals surface area contributed by atoms with Crippen molar-refractivity contribution in [3.8, 4) is 0 Å². The molecule has 1 aromatic rings. The van der Waals surface area contributed by atoms with Gasteiger partial charge in [-0.3, -0.25) is 4.79 Å². The molecule has 0 saturated carbocycles. The molecule has 1 N–H and O–H groups in total. The second-order valence-corrected chi connectivity index (χ2v) is 6.25. The quantitative estimate of drug-likeness (QED) is 0.913. The lowest BCUT2D eigenvalue weighted by atomic mass is 10.0. The number of fused-ring (bicyclic) bond motifs is 1. The van der Waals surface area contributed by atoms with Crippen LogP contribution in [0.1, 0.15) is 25.0 Å². The van der Waals surface area contributed by atoms with Gasteiger partial charge in [-0.15, -0.1) is 0 Å². The van der Waals surface area contributed by atoms with Gasteiger partial charge in [0.15, 0.2) is 0 Å². The Morgan fingerprint density at radius 3 is 2.81 bits per heavy atom. The summed E-state index contributed by atoms with van der Waals surface area (Å²) in [6.45, 7) is 9.43. The molecule has 114 valence electrons. The Hall–Kier alpha value is -1.39. The molecular formula is C17H25N3O. The molecule has 21 heavy (non-hydrogen) atoms. The Morgan fingerprint density at radius 2 is 2.10 bits per heavy atom. The standard InChI is InChI=1S/C17H25N3O/c1-13-11-16-12-15(3-4-17(16)20(13)14(2)21)5-8-19-9-6-18-7-10-19/h3-4,12-13,18H,5-11H2,1-2H3. The van der Waals surface area contributed by atoms with E-state index in [0.717, 1.165) is 51.3 Å². The highest BCUT2D eigenvalue weighted by Crippen LogP contribution is 2.32. The van der Waals surface area contributed by atoms with Gasteiger partial charge in [0.25, 0.3) is 0 Å². The molecule has 0 radical (unpaired) electrons. The number of carbonyl (C=O) groups is 1. The fourth-order valence-corrected chi connectivity index (χ4v) is 3.54. The molecule has 0 bridgehead atoms. The Bertz CT molecular complexity index is 523. The minimum absolute atomic E-state index is 0.148. The number of hydrogen-bond acceptors (Lipinski definition) is 3. The van der Waals surface area contributed by atoms with Crippen molar-refractivity contribution in [3.05, 3.63) is 29.3 Å². The van der Waals surface area contributed by atoms with Crippen LogP contribution in [0.15, 0.2) is 18.2 Å². The number of nitrogens with one attached hydrogen (secondary N) is 1. The third-order valence-electron chi connectivity index (χ3n) is 4.63. The molecular weight excluding hydrogens is 262 g/mol. The van der Waals surface area contributed by atoms with Crippen molar-refractivity contribution in [3.63, 3.8) is 0 Å². The molecule has 0 aromatic heterocycles. The zero-order valence-electron chi connectivity index (χ0n) is 13.1. The van der Waals surface area contributed by atoms with Crippen molar-refractivity contribution in [1.29, 1.82) is 0 Å². The predicted octanol–water partition coefficient (Wildman–Crippen LogP) is 1.43. The van der Waals surface area contributed by atoms with E-state index in [0.29, 0.717) is 6.04 Å². The number of hydrogen-bond donors (Lipinski definition) is 1. The summed E-state index contributed by atoms with van der Waals surface area (Å²) in [5.41, 5.74) is 3.83. The Labute approximate surface area is 127 Å². The molecule has 0 spiro atoms. The summed E-state index contributed by atoms with van der Waals surface area (Å²) in [5, 5.41) is 3.39. The maximum atomic E-state index is 11.7. The van der Waals surface area contributed by atoms with E-state index < -0.39 is 0 Å². The van der Waals surface area contributed by atoms with Gasteiger partial charge in [0.1, 0.15) is 0 Å². The molecule has 1 unspecified atom stereocenters. The predicted molar refractivity (Wildman–Crippen MR) is 85.8 cm³/mol. The number of piperazine rings is 1. The lowest BCUT2D eigenvalue weighted by molar-refractivity contribution is -0.116. The van der Waals surface area contributed by atoms with Crippen LogP contribution in [0.4, 0.5) is 5.69 Å². The van der Waals surface area contributed by atoms with Crippen LogP contribution in [-0.4, -0.2) is 49.6 Å². The van der Waals surface area contributed by atoms with E-state index in [2.05, 4.69) is 35.3 Å². The summed E-state index contributed by atoms with van der Waals surface area (Å²) in [6, 6.07) is 6.92. The lowest BCUT2D eigenvalue weighted by Gasteiger charge is -2.27. The van der Waals surface area contributed by atoms with Crippen LogP contribution in [0.25, 0.3) is 0 Å². The molecule has 4 heteroatoms. The molecule has 3 rings (SSSR count). The van der Waals surface area contributed by atoms with Gasteiger partial charge in [-0.25, -0.2) is 0 Å². The van der Waals surface area contributed by atoms with Gasteiger partial charge in [-0.1, -0.05) is 12.1 Å². The molecule has 2 heterocycles. The fourth-order valence-electron chi connectivity index (χ4n) is 3.54. The molecule has 1 saturated heterocycles. The third-order valence-corrected chi connectivity index (χ3v) is 4.63. The number of amides is 1. The molecule has 1 fully saturated rings.